The topological polar surface area (TPSA) is 74.2 Å². The summed E-state index contributed by atoms with van der Waals surface area (Å²) in [5.74, 6) is 0. The van der Waals surface area contributed by atoms with Crippen LogP contribution in [0.5, 0.6) is 0 Å². The zero-order chi connectivity index (χ0) is 15.2. The molecule has 0 aliphatic heterocycles. The average Bonchev–Trinajstić information content (AvgIpc) is 2.84. The van der Waals surface area contributed by atoms with Crippen LogP contribution < -0.4 is 10.6 Å². The lowest BCUT2D eigenvalue weighted by atomic mass is 9.93. The molecule has 1 aromatic heterocycles. The van der Waals surface area contributed by atoms with E-state index in [0.29, 0.717) is 13.0 Å². The Morgan fingerprint density at radius 1 is 1.50 bits per heavy atom. The van der Waals surface area contributed by atoms with E-state index in [4.69, 9.17) is 5.11 Å². The van der Waals surface area contributed by atoms with E-state index in [1.54, 1.807) is 11.3 Å². The fourth-order valence-corrected chi connectivity index (χ4v) is 2.59. The van der Waals surface area contributed by atoms with Gasteiger partial charge in [-0.2, -0.15) is 0 Å². The third-order valence-electron chi connectivity index (χ3n) is 2.99. The van der Waals surface area contributed by atoms with Gasteiger partial charge in [-0.15, -0.1) is 11.3 Å². The molecule has 6 heteroatoms. The minimum absolute atomic E-state index is 0.0364. The lowest BCUT2D eigenvalue weighted by Crippen LogP contribution is -2.44. The molecule has 0 spiro atoms. The van der Waals surface area contributed by atoms with Crippen LogP contribution in [0.15, 0.2) is 5.38 Å². The van der Waals surface area contributed by atoms with Crippen molar-refractivity contribution in [2.24, 2.45) is 0 Å². The van der Waals surface area contributed by atoms with Crippen molar-refractivity contribution < 1.29 is 9.90 Å². The highest BCUT2D eigenvalue weighted by Gasteiger charge is 2.17. The summed E-state index contributed by atoms with van der Waals surface area (Å²) >= 11 is 1.63. The number of rotatable bonds is 6. The van der Waals surface area contributed by atoms with Crippen LogP contribution in [0.3, 0.4) is 0 Å². The minimum atomic E-state index is -0.237. The molecule has 0 fully saturated rings. The van der Waals surface area contributed by atoms with Crippen molar-refractivity contribution in [3.05, 3.63) is 16.1 Å². The molecular formula is C14H25N3O2S. The number of carbonyl (C=O) groups excluding carboxylic acids is 1. The Kier molecular flexibility index (Phi) is 6.42. The van der Waals surface area contributed by atoms with Crippen LogP contribution in [0, 0.1) is 0 Å². The van der Waals surface area contributed by atoms with Crippen molar-refractivity contribution in [1.29, 1.82) is 0 Å². The highest BCUT2D eigenvalue weighted by Crippen LogP contribution is 2.23. The summed E-state index contributed by atoms with van der Waals surface area (Å²) in [6.07, 6.45) is 1.44. The van der Waals surface area contributed by atoms with Crippen LogP contribution in [0.4, 0.5) is 4.79 Å². The first-order chi connectivity index (χ1) is 9.36. The number of urea groups is 1. The van der Waals surface area contributed by atoms with Crippen molar-refractivity contribution in [3.63, 3.8) is 0 Å². The Morgan fingerprint density at radius 3 is 2.70 bits per heavy atom. The van der Waals surface area contributed by atoms with Gasteiger partial charge in [-0.3, -0.25) is 0 Å². The third kappa shape index (κ3) is 5.46. The Balaban J connectivity index is 2.34. The predicted molar refractivity (Wildman–Crippen MR) is 82.2 cm³/mol. The van der Waals surface area contributed by atoms with Gasteiger partial charge in [0.15, 0.2) is 0 Å². The molecule has 20 heavy (non-hydrogen) atoms. The summed E-state index contributed by atoms with van der Waals surface area (Å²) in [4.78, 5) is 16.2. The Labute approximate surface area is 124 Å². The smallest absolute Gasteiger partial charge is 0.315 e. The fourth-order valence-electron chi connectivity index (χ4n) is 1.57. The average molecular weight is 299 g/mol. The number of thiazole rings is 1. The molecule has 0 saturated carbocycles. The van der Waals surface area contributed by atoms with Crippen LogP contribution in [0.25, 0.3) is 0 Å². The maximum atomic E-state index is 11.6. The summed E-state index contributed by atoms with van der Waals surface area (Å²) in [6.45, 7) is 8.84. The molecule has 5 nitrogen and oxygen atoms in total. The van der Waals surface area contributed by atoms with E-state index < -0.39 is 0 Å². The molecule has 0 aliphatic rings. The lowest BCUT2D eigenvalue weighted by molar-refractivity contribution is 0.214. The molecule has 1 atom stereocenters. The van der Waals surface area contributed by atoms with E-state index in [2.05, 4.69) is 41.8 Å². The first-order valence-corrected chi connectivity index (χ1v) is 7.85. The van der Waals surface area contributed by atoms with Gasteiger partial charge in [0, 0.05) is 23.8 Å². The number of hydrogen-bond acceptors (Lipinski definition) is 4. The maximum Gasteiger partial charge on any atom is 0.315 e. The lowest BCUT2D eigenvalue weighted by Gasteiger charge is -2.15. The van der Waals surface area contributed by atoms with Gasteiger partial charge in [0.2, 0.25) is 0 Å². The fraction of sp³-hybridized carbons (Fsp3) is 0.714. The van der Waals surface area contributed by atoms with Crippen molar-refractivity contribution in [3.8, 4) is 0 Å². The highest BCUT2D eigenvalue weighted by molar-refractivity contribution is 7.09. The molecule has 0 saturated heterocycles. The van der Waals surface area contributed by atoms with E-state index in [0.717, 1.165) is 17.1 Å². The van der Waals surface area contributed by atoms with Crippen LogP contribution in [-0.2, 0) is 11.8 Å². The summed E-state index contributed by atoms with van der Waals surface area (Å²) in [5.41, 5.74) is 1.16. The molecule has 0 bridgehead atoms. The number of amides is 2. The number of carbonyl (C=O) groups is 1. The van der Waals surface area contributed by atoms with Crippen LogP contribution in [-0.4, -0.2) is 35.3 Å². The molecular weight excluding hydrogens is 274 g/mol. The molecule has 1 aromatic rings. The molecule has 1 rings (SSSR count). The van der Waals surface area contributed by atoms with Crippen LogP contribution in [0.2, 0.25) is 0 Å². The molecule has 1 unspecified atom stereocenters. The standard InChI is InChI=1S/C14H25N3O2S/c1-5-10(8-18)16-13(19)15-7-6-12-17-11(9-20-12)14(2,3)4/h9-10,18H,5-8H2,1-4H3,(H2,15,16,19). The normalized spacial score (nSPS) is 13.1. The summed E-state index contributed by atoms with van der Waals surface area (Å²) < 4.78 is 0. The molecule has 3 N–H and O–H groups in total. The van der Waals surface area contributed by atoms with Crippen molar-refractivity contribution in [2.75, 3.05) is 13.2 Å². The van der Waals surface area contributed by atoms with E-state index in [1.807, 2.05) is 6.92 Å². The number of aliphatic hydroxyl groups excluding tert-OH is 1. The van der Waals surface area contributed by atoms with Gasteiger partial charge < -0.3 is 15.7 Å². The van der Waals surface area contributed by atoms with E-state index in [-0.39, 0.29) is 24.1 Å². The Morgan fingerprint density at radius 2 is 2.20 bits per heavy atom. The highest BCUT2D eigenvalue weighted by atomic mass is 32.1. The van der Waals surface area contributed by atoms with Gasteiger partial charge in [-0.25, -0.2) is 9.78 Å². The monoisotopic (exact) mass is 299 g/mol. The second-order valence-corrected chi connectivity index (χ2v) is 6.76. The second-order valence-electron chi connectivity index (χ2n) is 5.81. The number of hydrogen-bond donors (Lipinski definition) is 3. The third-order valence-corrected chi connectivity index (χ3v) is 3.90. The molecule has 2 amide bonds. The largest absolute Gasteiger partial charge is 0.394 e. The Bertz CT molecular complexity index is 422. The van der Waals surface area contributed by atoms with Crippen LogP contribution >= 0.6 is 11.3 Å². The Hall–Kier alpha value is -1.14. The predicted octanol–water partition coefficient (Wildman–Crippen LogP) is 2.05. The van der Waals surface area contributed by atoms with Crippen molar-refractivity contribution >= 4 is 17.4 Å². The summed E-state index contributed by atoms with van der Waals surface area (Å²) in [6, 6.07) is -0.416. The number of nitrogens with one attached hydrogen (secondary N) is 2. The van der Waals surface area contributed by atoms with Crippen LogP contribution in [0.1, 0.15) is 44.8 Å². The van der Waals surface area contributed by atoms with Gasteiger partial charge in [0.25, 0.3) is 0 Å². The number of aromatic nitrogens is 1. The number of aliphatic hydroxyl groups is 1. The molecule has 0 aliphatic carbocycles. The quantitative estimate of drug-likeness (QED) is 0.752. The van der Waals surface area contributed by atoms with Gasteiger partial charge in [0.1, 0.15) is 0 Å². The van der Waals surface area contributed by atoms with Crippen molar-refractivity contribution in [1.82, 2.24) is 15.6 Å². The SMILES string of the molecule is CCC(CO)NC(=O)NCCc1nc(C(C)(C)C)cs1. The summed E-state index contributed by atoms with van der Waals surface area (Å²) in [7, 11) is 0. The summed E-state index contributed by atoms with van der Waals surface area (Å²) in [5, 5.41) is 17.6. The van der Waals surface area contributed by atoms with E-state index in [1.165, 1.54) is 0 Å². The number of nitrogens with zero attached hydrogens (tertiary/aromatic N) is 1. The van der Waals surface area contributed by atoms with Gasteiger partial charge >= 0.3 is 6.03 Å². The zero-order valence-corrected chi connectivity index (χ0v) is 13.5. The maximum absolute atomic E-state index is 11.6. The zero-order valence-electron chi connectivity index (χ0n) is 12.7. The molecule has 0 aromatic carbocycles. The minimum Gasteiger partial charge on any atom is -0.394 e. The van der Waals surface area contributed by atoms with E-state index >= 15 is 0 Å². The first kappa shape index (κ1) is 16.9. The van der Waals surface area contributed by atoms with E-state index in [9.17, 15) is 4.79 Å². The van der Waals surface area contributed by atoms with Gasteiger partial charge in [-0.1, -0.05) is 27.7 Å². The van der Waals surface area contributed by atoms with Crippen molar-refractivity contribution in [2.45, 2.75) is 52.0 Å². The molecule has 0 radical (unpaired) electrons. The molecule has 114 valence electrons. The van der Waals surface area contributed by atoms with Gasteiger partial charge in [0.05, 0.1) is 23.4 Å². The molecule has 1 heterocycles. The van der Waals surface area contributed by atoms with Gasteiger partial charge in [-0.05, 0) is 6.42 Å². The second kappa shape index (κ2) is 7.59. The first-order valence-electron chi connectivity index (χ1n) is 6.97.